The molecule has 0 fully saturated rings. The summed E-state index contributed by atoms with van der Waals surface area (Å²) >= 11 is 5.78. The van der Waals surface area contributed by atoms with Crippen molar-refractivity contribution in [2.75, 3.05) is 19.7 Å². The number of halogens is 4. The maximum Gasteiger partial charge on any atom is 0.391 e. The van der Waals surface area contributed by atoms with Crippen molar-refractivity contribution in [3.8, 4) is 0 Å². The molecule has 0 aromatic heterocycles. The van der Waals surface area contributed by atoms with Gasteiger partial charge in [-0.25, -0.2) is 0 Å². The second-order valence-corrected chi connectivity index (χ2v) is 4.52. The highest BCUT2D eigenvalue weighted by Gasteiger charge is 2.27. The summed E-state index contributed by atoms with van der Waals surface area (Å²) in [5.74, 6) is 0. The van der Waals surface area contributed by atoms with Crippen molar-refractivity contribution >= 4 is 11.6 Å². The summed E-state index contributed by atoms with van der Waals surface area (Å²) in [6.07, 6.45) is -5.54. The number of ether oxygens (including phenoxy) is 1. The highest BCUT2D eigenvalue weighted by molar-refractivity contribution is 6.30. The van der Waals surface area contributed by atoms with Crippen LogP contribution in [0.15, 0.2) is 24.3 Å². The average molecular weight is 296 g/mol. The maximum absolute atomic E-state index is 12.1. The molecule has 0 aliphatic rings. The second kappa shape index (κ2) is 7.72. The highest BCUT2D eigenvalue weighted by atomic mass is 35.5. The van der Waals surface area contributed by atoms with Gasteiger partial charge in [-0.05, 0) is 24.2 Å². The smallest absolute Gasteiger partial charge is 0.372 e. The first-order chi connectivity index (χ1) is 8.92. The Morgan fingerprint density at radius 3 is 2.42 bits per heavy atom. The van der Waals surface area contributed by atoms with E-state index in [1.807, 2.05) is 6.92 Å². The second-order valence-electron chi connectivity index (χ2n) is 4.08. The van der Waals surface area contributed by atoms with Crippen LogP contribution in [-0.2, 0) is 4.74 Å². The van der Waals surface area contributed by atoms with E-state index in [1.54, 1.807) is 24.3 Å². The molecule has 0 amide bonds. The van der Waals surface area contributed by atoms with Gasteiger partial charge in [-0.2, -0.15) is 13.2 Å². The first-order valence-electron chi connectivity index (χ1n) is 6.07. The highest BCUT2D eigenvalue weighted by Crippen LogP contribution is 2.23. The molecule has 1 aromatic rings. The van der Waals surface area contributed by atoms with E-state index in [9.17, 15) is 13.2 Å². The first kappa shape index (κ1) is 16.3. The molecule has 0 aliphatic carbocycles. The molecule has 0 heterocycles. The molecule has 19 heavy (non-hydrogen) atoms. The van der Waals surface area contributed by atoms with Crippen LogP contribution in [0.1, 0.15) is 25.0 Å². The minimum atomic E-state index is -4.19. The van der Waals surface area contributed by atoms with Crippen molar-refractivity contribution in [1.29, 1.82) is 0 Å². The van der Waals surface area contributed by atoms with E-state index in [4.69, 9.17) is 16.3 Å². The minimum absolute atomic E-state index is 0.345. The SMILES string of the molecule is CCNCC(OCCC(F)(F)F)c1ccc(Cl)cc1. The maximum atomic E-state index is 12.1. The van der Waals surface area contributed by atoms with Crippen LogP contribution in [0.3, 0.4) is 0 Å². The van der Waals surface area contributed by atoms with E-state index in [0.717, 1.165) is 12.1 Å². The van der Waals surface area contributed by atoms with Gasteiger partial charge in [0, 0.05) is 11.6 Å². The van der Waals surface area contributed by atoms with E-state index in [0.29, 0.717) is 11.6 Å². The zero-order chi connectivity index (χ0) is 14.3. The third-order valence-corrected chi connectivity index (χ3v) is 2.78. The van der Waals surface area contributed by atoms with Gasteiger partial charge in [0.1, 0.15) is 0 Å². The Labute approximate surface area is 115 Å². The van der Waals surface area contributed by atoms with Crippen LogP contribution in [0.5, 0.6) is 0 Å². The standard InChI is InChI=1S/C13H17ClF3NO/c1-2-18-9-12(19-8-7-13(15,16)17)10-3-5-11(14)6-4-10/h3-6,12,18H,2,7-9H2,1H3. The number of benzene rings is 1. The molecular weight excluding hydrogens is 279 g/mol. The molecule has 1 unspecified atom stereocenters. The molecule has 0 saturated heterocycles. The number of hydrogen-bond donors (Lipinski definition) is 1. The van der Waals surface area contributed by atoms with Crippen LogP contribution in [-0.4, -0.2) is 25.9 Å². The Morgan fingerprint density at radius 1 is 1.26 bits per heavy atom. The van der Waals surface area contributed by atoms with Crippen molar-refractivity contribution in [2.45, 2.75) is 25.6 Å². The Balaban J connectivity index is 2.58. The molecule has 0 saturated carbocycles. The summed E-state index contributed by atoms with van der Waals surface area (Å²) in [7, 11) is 0. The van der Waals surface area contributed by atoms with Gasteiger partial charge >= 0.3 is 6.18 Å². The summed E-state index contributed by atoms with van der Waals surface area (Å²) in [6, 6.07) is 6.92. The Hall–Kier alpha value is -0.780. The number of rotatable bonds is 7. The van der Waals surface area contributed by atoms with Gasteiger partial charge < -0.3 is 10.1 Å². The minimum Gasteiger partial charge on any atom is -0.372 e. The van der Waals surface area contributed by atoms with Crippen LogP contribution >= 0.6 is 11.6 Å². The van der Waals surface area contributed by atoms with Crippen LogP contribution in [0.25, 0.3) is 0 Å². The summed E-state index contributed by atoms with van der Waals surface area (Å²) in [4.78, 5) is 0. The number of hydrogen-bond acceptors (Lipinski definition) is 2. The quantitative estimate of drug-likeness (QED) is 0.822. The normalized spacial score (nSPS) is 13.5. The monoisotopic (exact) mass is 295 g/mol. The van der Waals surface area contributed by atoms with Gasteiger partial charge in [0.05, 0.1) is 19.1 Å². The molecule has 6 heteroatoms. The summed E-state index contributed by atoms with van der Waals surface area (Å²) in [5.41, 5.74) is 0.813. The van der Waals surface area contributed by atoms with E-state index in [1.165, 1.54) is 0 Å². The van der Waals surface area contributed by atoms with Crippen molar-refractivity contribution in [2.24, 2.45) is 0 Å². The van der Waals surface area contributed by atoms with Gasteiger partial charge in [-0.3, -0.25) is 0 Å². The third kappa shape index (κ3) is 6.80. The zero-order valence-electron chi connectivity index (χ0n) is 10.6. The first-order valence-corrected chi connectivity index (χ1v) is 6.44. The lowest BCUT2D eigenvalue weighted by Crippen LogP contribution is -2.24. The van der Waals surface area contributed by atoms with Crippen LogP contribution in [0, 0.1) is 0 Å². The van der Waals surface area contributed by atoms with Gasteiger partial charge in [0.25, 0.3) is 0 Å². The fourth-order valence-corrected chi connectivity index (χ4v) is 1.67. The topological polar surface area (TPSA) is 21.3 Å². The van der Waals surface area contributed by atoms with Crippen LogP contribution < -0.4 is 5.32 Å². The Kier molecular flexibility index (Phi) is 6.62. The molecule has 1 rings (SSSR count). The molecule has 0 spiro atoms. The van der Waals surface area contributed by atoms with Crippen molar-refractivity contribution in [3.63, 3.8) is 0 Å². The van der Waals surface area contributed by atoms with Gasteiger partial charge in [-0.15, -0.1) is 0 Å². The fraction of sp³-hybridized carbons (Fsp3) is 0.538. The largest absolute Gasteiger partial charge is 0.391 e. The van der Waals surface area contributed by atoms with Crippen molar-refractivity contribution < 1.29 is 17.9 Å². The predicted octanol–water partition coefficient (Wildman–Crippen LogP) is 3.96. The number of alkyl halides is 3. The molecule has 1 atom stereocenters. The molecule has 1 N–H and O–H groups in total. The lowest BCUT2D eigenvalue weighted by atomic mass is 10.1. The molecule has 0 aliphatic heterocycles. The van der Waals surface area contributed by atoms with E-state index in [2.05, 4.69) is 5.32 Å². The predicted molar refractivity (Wildman–Crippen MR) is 69.4 cm³/mol. The summed E-state index contributed by atoms with van der Waals surface area (Å²) in [5, 5.41) is 3.65. The van der Waals surface area contributed by atoms with Gasteiger partial charge in [0.15, 0.2) is 0 Å². The van der Waals surface area contributed by atoms with Crippen molar-refractivity contribution in [1.82, 2.24) is 5.32 Å². The Bertz CT molecular complexity index is 367. The lowest BCUT2D eigenvalue weighted by molar-refractivity contribution is -0.149. The zero-order valence-corrected chi connectivity index (χ0v) is 11.4. The lowest BCUT2D eigenvalue weighted by Gasteiger charge is -2.19. The fourth-order valence-electron chi connectivity index (χ4n) is 1.54. The van der Waals surface area contributed by atoms with E-state index >= 15 is 0 Å². The molecule has 2 nitrogen and oxygen atoms in total. The molecule has 108 valence electrons. The molecular formula is C13H17ClF3NO. The van der Waals surface area contributed by atoms with Crippen molar-refractivity contribution in [3.05, 3.63) is 34.9 Å². The molecule has 0 radical (unpaired) electrons. The van der Waals surface area contributed by atoms with Gasteiger partial charge in [0.2, 0.25) is 0 Å². The molecule has 0 bridgehead atoms. The van der Waals surface area contributed by atoms with Gasteiger partial charge in [-0.1, -0.05) is 30.7 Å². The molecule has 1 aromatic carbocycles. The van der Waals surface area contributed by atoms with E-state index < -0.39 is 18.7 Å². The number of nitrogens with one attached hydrogen (secondary N) is 1. The van der Waals surface area contributed by atoms with Crippen LogP contribution in [0.2, 0.25) is 5.02 Å². The Morgan fingerprint density at radius 2 is 1.89 bits per heavy atom. The number of likely N-dealkylation sites (N-methyl/N-ethyl adjacent to an activating group) is 1. The van der Waals surface area contributed by atoms with Crippen LogP contribution in [0.4, 0.5) is 13.2 Å². The third-order valence-electron chi connectivity index (χ3n) is 2.53. The van der Waals surface area contributed by atoms with E-state index in [-0.39, 0.29) is 6.61 Å². The summed E-state index contributed by atoms with van der Waals surface area (Å²) in [6.45, 7) is 2.78. The average Bonchev–Trinajstić information content (AvgIpc) is 2.33. The summed E-state index contributed by atoms with van der Waals surface area (Å²) < 4.78 is 41.6.